The van der Waals surface area contributed by atoms with Crippen molar-refractivity contribution in [1.82, 2.24) is 30.1 Å². The molecule has 10 heteroatoms. The minimum atomic E-state index is -0.372. The van der Waals surface area contributed by atoms with Gasteiger partial charge in [0.05, 0.1) is 18.4 Å². The number of benzene rings is 1. The first kappa shape index (κ1) is 19.6. The van der Waals surface area contributed by atoms with E-state index in [1.807, 2.05) is 6.92 Å². The van der Waals surface area contributed by atoms with Gasteiger partial charge in [-0.3, -0.25) is 0 Å². The Balaban J connectivity index is 1.49. The molecule has 1 unspecified atom stereocenters. The Morgan fingerprint density at radius 3 is 2.66 bits per heavy atom. The Morgan fingerprint density at radius 1 is 1.12 bits per heavy atom. The molecule has 0 saturated heterocycles. The van der Waals surface area contributed by atoms with E-state index in [2.05, 4.69) is 30.1 Å². The van der Waals surface area contributed by atoms with Crippen molar-refractivity contribution in [1.29, 1.82) is 0 Å². The van der Waals surface area contributed by atoms with Crippen LogP contribution in [0.4, 0.5) is 10.2 Å². The standard InChI is InChI=1S/C22H18FN7O2/c1-11(17-7-16(30-32-17)13-5-3-4-6-15(13)23)20-28-19(24)18-14(10-25-21(18)29-20)12-8-26-22(31-2)27-9-12/h3-11H,1-2H3,(H3,24,25,28,29). The monoisotopic (exact) mass is 431 g/mol. The molecule has 4 aromatic heterocycles. The number of aromatic amines is 1. The van der Waals surface area contributed by atoms with E-state index in [4.69, 9.17) is 15.0 Å². The molecule has 4 heterocycles. The largest absolute Gasteiger partial charge is 0.467 e. The lowest BCUT2D eigenvalue weighted by Gasteiger charge is -2.08. The predicted octanol–water partition coefficient (Wildman–Crippen LogP) is 3.95. The number of aromatic nitrogens is 6. The molecule has 0 spiro atoms. The van der Waals surface area contributed by atoms with Gasteiger partial charge in [-0.05, 0) is 19.1 Å². The van der Waals surface area contributed by atoms with Crippen molar-refractivity contribution in [2.24, 2.45) is 0 Å². The molecule has 0 amide bonds. The second-order valence-electron chi connectivity index (χ2n) is 7.17. The van der Waals surface area contributed by atoms with Gasteiger partial charge in [0.15, 0.2) is 0 Å². The molecule has 1 aromatic carbocycles. The van der Waals surface area contributed by atoms with Crippen LogP contribution < -0.4 is 10.5 Å². The van der Waals surface area contributed by atoms with Gasteiger partial charge in [0.2, 0.25) is 0 Å². The Labute approximate surface area is 181 Å². The van der Waals surface area contributed by atoms with E-state index in [-0.39, 0.29) is 17.7 Å². The second kappa shape index (κ2) is 7.73. The zero-order valence-corrected chi connectivity index (χ0v) is 17.2. The maximum absolute atomic E-state index is 14.1. The van der Waals surface area contributed by atoms with Gasteiger partial charge in [-0.25, -0.2) is 24.3 Å². The van der Waals surface area contributed by atoms with Crippen molar-refractivity contribution >= 4 is 16.9 Å². The number of nitrogen functional groups attached to an aromatic ring is 1. The summed E-state index contributed by atoms with van der Waals surface area (Å²) in [6.07, 6.45) is 5.06. The van der Waals surface area contributed by atoms with E-state index in [0.717, 1.165) is 11.1 Å². The highest BCUT2D eigenvalue weighted by Crippen LogP contribution is 2.33. The van der Waals surface area contributed by atoms with Gasteiger partial charge in [0.25, 0.3) is 0 Å². The van der Waals surface area contributed by atoms with Gasteiger partial charge in [0, 0.05) is 41.3 Å². The quantitative estimate of drug-likeness (QED) is 0.428. The Morgan fingerprint density at radius 2 is 1.91 bits per heavy atom. The second-order valence-corrected chi connectivity index (χ2v) is 7.17. The van der Waals surface area contributed by atoms with Crippen molar-refractivity contribution in [3.8, 4) is 28.4 Å². The minimum Gasteiger partial charge on any atom is -0.467 e. The van der Waals surface area contributed by atoms with E-state index in [0.29, 0.717) is 39.7 Å². The molecule has 0 aliphatic rings. The van der Waals surface area contributed by atoms with Crippen molar-refractivity contribution in [3.05, 3.63) is 66.3 Å². The molecule has 3 N–H and O–H groups in total. The Kier molecular flexibility index (Phi) is 4.74. The molecule has 9 nitrogen and oxygen atoms in total. The van der Waals surface area contributed by atoms with Crippen LogP contribution in [0.3, 0.4) is 0 Å². The summed E-state index contributed by atoms with van der Waals surface area (Å²) in [4.78, 5) is 20.5. The molecule has 0 bridgehead atoms. The van der Waals surface area contributed by atoms with Gasteiger partial charge >= 0.3 is 6.01 Å². The summed E-state index contributed by atoms with van der Waals surface area (Å²) < 4.78 is 24.5. The third kappa shape index (κ3) is 3.31. The summed E-state index contributed by atoms with van der Waals surface area (Å²) in [5, 5.41) is 4.67. The van der Waals surface area contributed by atoms with Crippen molar-refractivity contribution < 1.29 is 13.7 Å². The molecular formula is C22H18FN7O2. The highest BCUT2D eigenvalue weighted by atomic mass is 19.1. The average molecular weight is 431 g/mol. The van der Waals surface area contributed by atoms with Crippen LogP contribution in [0.2, 0.25) is 0 Å². The number of nitrogens with one attached hydrogen (secondary N) is 1. The molecule has 0 aliphatic heterocycles. The lowest BCUT2D eigenvalue weighted by molar-refractivity contribution is 0.375. The van der Waals surface area contributed by atoms with E-state index in [1.165, 1.54) is 13.2 Å². The molecule has 32 heavy (non-hydrogen) atoms. The first-order chi connectivity index (χ1) is 15.5. The first-order valence-electron chi connectivity index (χ1n) is 9.77. The molecular weight excluding hydrogens is 413 g/mol. The van der Waals surface area contributed by atoms with E-state index in [9.17, 15) is 4.39 Å². The molecule has 1 atom stereocenters. The molecule has 0 radical (unpaired) electrons. The average Bonchev–Trinajstić information content (AvgIpc) is 3.47. The zero-order chi connectivity index (χ0) is 22.2. The van der Waals surface area contributed by atoms with Crippen LogP contribution in [0.25, 0.3) is 33.4 Å². The maximum Gasteiger partial charge on any atom is 0.316 e. The lowest BCUT2D eigenvalue weighted by Crippen LogP contribution is -2.05. The topological polar surface area (TPSA) is 129 Å². The smallest absolute Gasteiger partial charge is 0.316 e. The zero-order valence-electron chi connectivity index (χ0n) is 17.2. The third-order valence-corrected chi connectivity index (χ3v) is 5.19. The number of anilines is 1. The number of halogens is 1. The predicted molar refractivity (Wildman–Crippen MR) is 115 cm³/mol. The number of fused-ring (bicyclic) bond motifs is 1. The maximum atomic E-state index is 14.1. The Hall–Kier alpha value is -4.34. The number of methoxy groups -OCH3 is 1. The van der Waals surface area contributed by atoms with Gasteiger partial charge < -0.3 is 20.0 Å². The van der Waals surface area contributed by atoms with Crippen LogP contribution in [0.1, 0.15) is 24.4 Å². The third-order valence-electron chi connectivity index (χ3n) is 5.19. The van der Waals surface area contributed by atoms with Crippen LogP contribution in [0.5, 0.6) is 6.01 Å². The van der Waals surface area contributed by atoms with Crippen LogP contribution in [-0.2, 0) is 0 Å². The van der Waals surface area contributed by atoms with Crippen LogP contribution in [0.15, 0.2) is 53.4 Å². The van der Waals surface area contributed by atoms with Gasteiger partial charge in [0.1, 0.15) is 34.6 Å². The first-order valence-corrected chi connectivity index (χ1v) is 9.77. The van der Waals surface area contributed by atoms with Crippen molar-refractivity contribution in [2.45, 2.75) is 12.8 Å². The number of rotatable bonds is 5. The fourth-order valence-electron chi connectivity index (χ4n) is 3.48. The van der Waals surface area contributed by atoms with Crippen LogP contribution in [-0.4, -0.2) is 37.2 Å². The lowest BCUT2D eigenvalue weighted by atomic mass is 10.1. The number of ether oxygens (including phenoxy) is 1. The summed E-state index contributed by atoms with van der Waals surface area (Å²) in [6, 6.07) is 8.34. The summed E-state index contributed by atoms with van der Waals surface area (Å²) >= 11 is 0. The number of nitrogens with zero attached hydrogens (tertiary/aromatic N) is 5. The molecule has 160 valence electrons. The van der Waals surface area contributed by atoms with Crippen molar-refractivity contribution in [2.75, 3.05) is 12.8 Å². The fraction of sp³-hybridized carbons (Fsp3) is 0.136. The van der Waals surface area contributed by atoms with Gasteiger partial charge in [-0.2, -0.15) is 0 Å². The molecule has 5 rings (SSSR count). The van der Waals surface area contributed by atoms with E-state index >= 15 is 0 Å². The minimum absolute atomic E-state index is 0.274. The van der Waals surface area contributed by atoms with Crippen molar-refractivity contribution in [3.63, 3.8) is 0 Å². The highest BCUT2D eigenvalue weighted by molar-refractivity contribution is 6.00. The Bertz CT molecular complexity index is 1410. The summed E-state index contributed by atoms with van der Waals surface area (Å²) in [5.41, 5.74) is 9.16. The molecule has 5 aromatic rings. The number of nitrogens with two attached hydrogens (primary N) is 1. The van der Waals surface area contributed by atoms with Gasteiger partial charge in [-0.15, -0.1) is 0 Å². The summed E-state index contributed by atoms with van der Waals surface area (Å²) in [7, 11) is 1.50. The fourth-order valence-corrected chi connectivity index (χ4v) is 3.48. The molecule has 0 saturated carbocycles. The van der Waals surface area contributed by atoms with Crippen LogP contribution >= 0.6 is 0 Å². The number of hydrogen-bond donors (Lipinski definition) is 2. The van der Waals surface area contributed by atoms with E-state index < -0.39 is 0 Å². The van der Waals surface area contributed by atoms with Crippen LogP contribution in [0, 0.1) is 5.82 Å². The summed E-state index contributed by atoms with van der Waals surface area (Å²) in [6.45, 7) is 1.87. The highest BCUT2D eigenvalue weighted by Gasteiger charge is 2.22. The number of hydrogen-bond acceptors (Lipinski definition) is 8. The normalized spacial score (nSPS) is 12.2. The van der Waals surface area contributed by atoms with Gasteiger partial charge in [-0.1, -0.05) is 17.3 Å². The number of H-pyrrole nitrogens is 1. The summed E-state index contributed by atoms with van der Waals surface area (Å²) in [5.74, 6) is 0.523. The van der Waals surface area contributed by atoms with E-state index in [1.54, 1.807) is 42.9 Å². The molecule has 0 aliphatic carbocycles. The SMILES string of the molecule is COc1ncc(-c2c[nH]c3nc(C(C)c4cc(-c5ccccc5F)no4)nc(N)c23)cn1. The molecule has 0 fully saturated rings.